The van der Waals surface area contributed by atoms with Gasteiger partial charge in [0.2, 0.25) is 0 Å². The van der Waals surface area contributed by atoms with Gasteiger partial charge in [-0.1, -0.05) is 19.1 Å². The second kappa shape index (κ2) is 8.07. The molecule has 0 fully saturated rings. The minimum absolute atomic E-state index is 0.317. The number of benzene rings is 1. The van der Waals surface area contributed by atoms with Crippen molar-refractivity contribution < 1.29 is 14.3 Å². The number of fused-ring (bicyclic) bond motifs is 1. The van der Waals surface area contributed by atoms with Crippen LogP contribution in [0.15, 0.2) is 18.2 Å². The molecule has 0 radical (unpaired) electrons. The van der Waals surface area contributed by atoms with Crippen LogP contribution in [-0.4, -0.2) is 20.1 Å². The normalized spacial score (nSPS) is 15.4. The molecule has 0 aliphatic heterocycles. The number of nitriles is 1. The number of nitrogens with zero attached hydrogens (tertiary/aromatic N) is 1. The number of nitrogens with one attached hydrogen (secondary N) is 1. The molecule has 0 bridgehead atoms. The van der Waals surface area contributed by atoms with E-state index in [2.05, 4.69) is 18.3 Å². The molecular formula is C20H20N2O3S2. The van der Waals surface area contributed by atoms with Crippen LogP contribution in [0, 0.1) is 21.1 Å². The van der Waals surface area contributed by atoms with Crippen molar-refractivity contribution in [1.82, 2.24) is 0 Å². The van der Waals surface area contributed by atoms with Crippen molar-refractivity contribution in [3.63, 3.8) is 0 Å². The van der Waals surface area contributed by atoms with E-state index < -0.39 is 0 Å². The number of anilines is 1. The van der Waals surface area contributed by atoms with E-state index in [-0.39, 0.29) is 5.91 Å². The summed E-state index contributed by atoms with van der Waals surface area (Å²) in [6.07, 6.45) is 2.73. The minimum Gasteiger partial charge on any atom is -0.493 e. The highest BCUT2D eigenvalue weighted by molar-refractivity contribution is 7.73. The average Bonchev–Trinajstić information content (AvgIpc) is 2.68. The summed E-state index contributed by atoms with van der Waals surface area (Å²) in [6, 6.07) is 7.21. The zero-order chi connectivity index (χ0) is 19.6. The summed E-state index contributed by atoms with van der Waals surface area (Å²) < 4.78 is 11.2. The molecule has 1 amide bonds. The molecule has 1 aromatic carbocycles. The molecule has 0 saturated carbocycles. The first-order valence-corrected chi connectivity index (χ1v) is 9.83. The Bertz CT molecular complexity index is 992. The number of carbonyl (C=O) groups is 1. The van der Waals surface area contributed by atoms with Gasteiger partial charge < -0.3 is 14.8 Å². The van der Waals surface area contributed by atoms with Gasteiger partial charge in [0.1, 0.15) is 11.1 Å². The number of hydrogen-bond donors (Lipinski definition) is 1. The number of ether oxygens (including phenoxy) is 2. The van der Waals surface area contributed by atoms with E-state index in [4.69, 9.17) is 21.7 Å². The van der Waals surface area contributed by atoms with Crippen LogP contribution in [0.5, 0.6) is 11.5 Å². The van der Waals surface area contributed by atoms with Gasteiger partial charge in [-0.05, 0) is 54.5 Å². The van der Waals surface area contributed by atoms with Crippen LogP contribution in [0.25, 0.3) is 0 Å². The predicted octanol–water partition coefficient (Wildman–Crippen LogP) is 4.74. The zero-order valence-corrected chi connectivity index (χ0v) is 17.1. The molecule has 1 aliphatic rings. The molecule has 1 heterocycles. The number of carbonyl (C=O) groups excluding carboxylic acids is 1. The Morgan fingerprint density at radius 2 is 2.04 bits per heavy atom. The lowest BCUT2D eigenvalue weighted by molar-refractivity contribution is 0.102. The number of rotatable bonds is 4. The summed E-state index contributed by atoms with van der Waals surface area (Å²) >= 11 is 6.84. The fraction of sp³-hybridized carbons (Fsp3) is 0.350. The van der Waals surface area contributed by atoms with Gasteiger partial charge in [0.25, 0.3) is 5.91 Å². The average molecular weight is 401 g/mol. The summed E-state index contributed by atoms with van der Waals surface area (Å²) in [7, 11) is 3.06. The summed E-state index contributed by atoms with van der Waals surface area (Å²) in [5.41, 5.74) is 3.03. The van der Waals surface area contributed by atoms with Gasteiger partial charge in [0.15, 0.2) is 11.5 Å². The molecule has 1 aromatic heterocycles. The molecule has 0 spiro atoms. The van der Waals surface area contributed by atoms with E-state index in [0.717, 1.165) is 34.2 Å². The second-order valence-corrected chi connectivity index (χ2v) is 8.22. The molecule has 5 nitrogen and oxygen atoms in total. The molecule has 3 rings (SSSR count). The zero-order valence-electron chi connectivity index (χ0n) is 15.4. The number of hydrogen-bond acceptors (Lipinski definition) is 6. The van der Waals surface area contributed by atoms with Gasteiger partial charge in [-0.2, -0.15) is 5.26 Å². The number of amides is 1. The third kappa shape index (κ3) is 3.82. The maximum Gasteiger partial charge on any atom is 0.256 e. The summed E-state index contributed by atoms with van der Waals surface area (Å²) in [5.74, 6) is 1.26. The second-order valence-electron chi connectivity index (χ2n) is 6.53. The van der Waals surface area contributed by atoms with Crippen molar-refractivity contribution >= 4 is 34.5 Å². The third-order valence-corrected chi connectivity index (χ3v) is 6.20. The molecule has 140 valence electrons. The molecular weight excluding hydrogens is 380 g/mol. The van der Waals surface area contributed by atoms with E-state index in [1.165, 1.54) is 25.6 Å². The molecule has 1 aliphatic carbocycles. The fourth-order valence-electron chi connectivity index (χ4n) is 3.30. The highest BCUT2D eigenvalue weighted by atomic mass is 32.1. The Labute approximate surface area is 167 Å². The van der Waals surface area contributed by atoms with Crippen LogP contribution in [0.1, 0.15) is 40.4 Å². The SMILES string of the molecule is COc1ccc(C(=O)Nc2sc(=S)c3c(c2C#N)CCC(C)C3)cc1OC. The lowest BCUT2D eigenvalue weighted by atomic mass is 9.85. The first-order valence-electron chi connectivity index (χ1n) is 8.60. The van der Waals surface area contributed by atoms with Crippen molar-refractivity contribution in [2.75, 3.05) is 19.5 Å². The maximum absolute atomic E-state index is 12.7. The van der Waals surface area contributed by atoms with Crippen molar-refractivity contribution in [1.29, 1.82) is 5.26 Å². The van der Waals surface area contributed by atoms with Crippen LogP contribution in [-0.2, 0) is 12.8 Å². The van der Waals surface area contributed by atoms with Gasteiger partial charge in [0.05, 0.1) is 23.6 Å². The highest BCUT2D eigenvalue weighted by Crippen LogP contribution is 2.36. The molecule has 2 aromatic rings. The van der Waals surface area contributed by atoms with Crippen LogP contribution in [0.4, 0.5) is 5.00 Å². The monoisotopic (exact) mass is 400 g/mol. The third-order valence-electron chi connectivity index (χ3n) is 4.76. The van der Waals surface area contributed by atoms with Crippen LogP contribution < -0.4 is 14.8 Å². The van der Waals surface area contributed by atoms with Gasteiger partial charge in [-0.25, -0.2) is 0 Å². The largest absolute Gasteiger partial charge is 0.493 e. The Balaban J connectivity index is 1.96. The highest BCUT2D eigenvalue weighted by Gasteiger charge is 2.23. The van der Waals surface area contributed by atoms with E-state index in [0.29, 0.717) is 33.5 Å². The van der Waals surface area contributed by atoms with Crippen molar-refractivity contribution in [2.24, 2.45) is 5.92 Å². The van der Waals surface area contributed by atoms with Crippen molar-refractivity contribution in [2.45, 2.75) is 26.2 Å². The van der Waals surface area contributed by atoms with Crippen molar-refractivity contribution in [3.05, 3.63) is 44.3 Å². The van der Waals surface area contributed by atoms with E-state index in [1.807, 2.05) is 0 Å². The van der Waals surface area contributed by atoms with Gasteiger partial charge in [-0.3, -0.25) is 4.79 Å². The molecule has 1 N–H and O–H groups in total. The summed E-state index contributed by atoms with van der Waals surface area (Å²) in [5, 5.41) is 13.1. The van der Waals surface area contributed by atoms with E-state index in [1.54, 1.807) is 18.2 Å². The first kappa shape index (κ1) is 19.3. The van der Waals surface area contributed by atoms with E-state index in [9.17, 15) is 10.1 Å². The van der Waals surface area contributed by atoms with Gasteiger partial charge >= 0.3 is 0 Å². The molecule has 7 heteroatoms. The minimum atomic E-state index is -0.317. The Morgan fingerprint density at radius 3 is 2.70 bits per heavy atom. The van der Waals surface area contributed by atoms with Gasteiger partial charge in [0, 0.05) is 5.56 Å². The predicted molar refractivity (Wildman–Crippen MR) is 109 cm³/mol. The quantitative estimate of drug-likeness (QED) is 0.751. The lowest BCUT2D eigenvalue weighted by Gasteiger charge is -2.23. The van der Waals surface area contributed by atoms with Gasteiger partial charge in [-0.15, -0.1) is 11.3 Å². The van der Waals surface area contributed by atoms with E-state index >= 15 is 0 Å². The Morgan fingerprint density at radius 1 is 1.30 bits per heavy atom. The Hall–Kier alpha value is -2.43. The lowest BCUT2D eigenvalue weighted by Crippen LogP contribution is -2.17. The van der Waals surface area contributed by atoms with Crippen molar-refractivity contribution in [3.8, 4) is 17.6 Å². The van der Waals surface area contributed by atoms with Crippen LogP contribution >= 0.6 is 23.6 Å². The molecule has 0 saturated heterocycles. The molecule has 1 unspecified atom stereocenters. The molecule has 1 atom stereocenters. The topological polar surface area (TPSA) is 71.3 Å². The maximum atomic E-state index is 12.7. The molecule has 27 heavy (non-hydrogen) atoms. The fourth-order valence-corrected chi connectivity index (χ4v) is 4.69. The standard InChI is InChI=1S/C20H20N2O3S2/c1-11-4-6-13-14(8-11)20(26)27-19(15(13)10-21)22-18(23)12-5-7-16(24-2)17(9-12)25-3/h5,7,9,11H,4,6,8H2,1-3H3,(H,22,23). The Kier molecular flexibility index (Phi) is 5.78. The first-order chi connectivity index (χ1) is 13.0. The van der Waals surface area contributed by atoms with Crippen LogP contribution in [0.2, 0.25) is 0 Å². The number of methoxy groups -OCH3 is 2. The smallest absolute Gasteiger partial charge is 0.256 e. The summed E-state index contributed by atoms with van der Waals surface area (Å²) in [6.45, 7) is 2.20. The van der Waals surface area contributed by atoms with Crippen LogP contribution in [0.3, 0.4) is 0 Å². The summed E-state index contributed by atoms with van der Waals surface area (Å²) in [4.78, 5) is 12.7.